The molecular formula is C17H24N2O3. The van der Waals surface area contributed by atoms with Crippen molar-refractivity contribution in [3.05, 3.63) is 41.5 Å². The average molecular weight is 304 g/mol. The lowest BCUT2D eigenvalue weighted by Crippen LogP contribution is -2.38. The van der Waals surface area contributed by atoms with Gasteiger partial charge in [0.1, 0.15) is 0 Å². The molecule has 1 rings (SSSR count). The summed E-state index contributed by atoms with van der Waals surface area (Å²) in [6.07, 6.45) is 3.69. The molecule has 1 aromatic carbocycles. The quantitative estimate of drug-likeness (QED) is 0.669. The van der Waals surface area contributed by atoms with Crippen LogP contribution < -0.4 is 10.6 Å². The molecular weight excluding hydrogens is 280 g/mol. The van der Waals surface area contributed by atoms with Crippen molar-refractivity contribution < 1.29 is 14.7 Å². The van der Waals surface area contributed by atoms with Gasteiger partial charge in [-0.3, -0.25) is 9.59 Å². The molecule has 0 heterocycles. The molecule has 0 fully saturated rings. The maximum Gasteiger partial charge on any atom is 0.251 e. The maximum absolute atomic E-state index is 11.9. The Labute approximate surface area is 131 Å². The molecule has 0 saturated carbocycles. The largest absolute Gasteiger partial charge is 0.396 e. The van der Waals surface area contributed by atoms with Crippen LogP contribution in [0.1, 0.15) is 36.2 Å². The third-order valence-corrected chi connectivity index (χ3v) is 3.40. The van der Waals surface area contributed by atoms with Crippen molar-refractivity contribution >= 4 is 17.9 Å². The average Bonchev–Trinajstić information content (AvgIpc) is 2.52. The number of aliphatic hydroxyl groups excluding tert-OH is 1. The summed E-state index contributed by atoms with van der Waals surface area (Å²) in [5, 5.41) is 14.4. The molecule has 0 bridgehead atoms. The van der Waals surface area contributed by atoms with Crippen LogP contribution in [-0.2, 0) is 4.79 Å². The van der Waals surface area contributed by atoms with Gasteiger partial charge in [-0.1, -0.05) is 26.0 Å². The molecule has 5 nitrogen and oxygen atoms in total. The first-order valence-corrected chi connectivity index (χ1v) is 7.39. The molecule has 0 aliphatic rings. The second-order valence-corrected chi connectivity index (χ2v) is 5.41. The predicted octanol–water partition coefficient (Wildman–Crippen LogP) is 1.58. The maximum atomic E-state index is 11.9. The summed E-state index contributed by atoms with van der Waals surface area (Å²) in [5.41, 5.74) is 1.41. The topological polar surface area (TPSA) is 78.4 Å². The lowest BCUT2D eigenvalue weighted by molar-refractivity contribution is -0.117. The van der Waals surface area contributed by atoms with Crippen molar-refractivity contribution in [2.45, 2.75) is 26.3 Å². The summed E-state index contributed by atoms with van der Waals surface area (Å²) < 4.78 is 0. The normalized spacial score (nSPS) is 12.4. The van der Waals surface area contributed by atoms with E-state index >= 15 is 0 Å². The fraction of sp³-hybridized carbons (Fsp3) is 0.412. The Morgan fingerprint density at radius 1 is 1.23 bits per heavy atom. The highest BCUT2D eigenvalue weighted by Crippen LogP contribution is 2.08. The number of hydrogen-bond donors (Lipinski definition) is 3. The number of rotatable bonds is 7. The van der Waals surface area contributed by atoms with Gasteiger partial charge in [-0.25, -0.2) is 0 Å². The van der Waals surface area contributed by atoms with Crippen LogP contribution in [0.4, 0.5) is 0 Å². The Bertz CT molecular complexity index is 521. The zero-order valence-electron chi connectivity index (χ0n) is 13.3. The summed E-state index contributed by atoms with van der Waals surface area (Å²) in [4.78, 5) is 23.3. The van der Waals surface area contributed by atoms with E-state index in [4.69, 9.17) is 5.11 Å². The van der Waals surface area contributed by atoms with Crippen LogP contribution >= 0.6 is 0 Å². The number of aliphatic hydroxyl groups is 1. The van der Waals surface area contributed by atoms with Crippen molar-refractivity contribution in [3.8, 4) is 0 Å². The van der Waals surface area contributed by atoms with Crippen molar-refractivity contribution in [1.29, 1.82) is 0 Å². The molecule has 1 aromatic rings. The summed E-state index contributed by atoms with van der Waals surface area (Å²) in [7, 11) is 1.58. The SMILES string of the molecule is CNC(=O)c1ccc(/C=C/C(=O)NC(CCO)C(C)C)cc1. The zero-order valence-corrected chi connectivity index (χ0v) is 13.3. The fourth-order valence-electron chi connectivity index (χ4n) is 2.00. The summed E-state index contributed by atoms with van der Waals surface area (Å²) >= 11 is 0. The van der Waals surface area contributed by atoms with Gasteiger partial charge in [0.05, 0.1) is 0 Å². The number of hydrogen-bond acceptors (Lipinski definition) is 3. The molecule has 120 valence electrons. The second-order valence-electron chi connectivity index (χ2n) is 5.41. The van der Waals surface area contributed by atoms with Crippen molar-refractivity contribution in [1.82, 2.24) is 10.6 Å². The molecule has 0 aliphatic heterocycles. The summed E-state index contributed by atoms with van der Waals surface area (Å²) in [6, 6.07) is 6.93. The first kappa shape index (κ1) is 17.9. The van der Waals surface area contributed by atoms with E-state index in [0.29, 0.717) is 12.0 Å². The van der Waals surface area contributed by atoms with Crippen molar-refractivity contribution in [2.24, 2.45) is 5.92 Å². The van der Waals surface area contributed by atoms with Crippen LogP contribution in [0.3, 0.4) is 0 Å². The molecule has 0 radical (unpaired) electrons. The van der Waals surface area contributed by atoms with Gasteiger partial charge in [-0.15, -0.1) is 0 Å². The number of nitrogens with one attached hydrogen (secondary N) is 2. The molecule has 22 heavy (non-hydrogen) atoms. The van der Waals surface area contributed by atoms with E-state index in [9.17, 15) is 9.59 Å². The molecule has 0 spiro atoms. The summed E-state index contributed by atoms with van der Waals surface area (Å²) in [5.74, 6) is -0.0732. The molecule has 0 aliphatic carbocycles. The highest BCUT2D eigenvalue weighted by atomic mass is 16.3. The smallest absolute Gasteiger partial charge is 0.251 e. The number of carbonyl (C=O) groups is 2. The van der Waals surface area contributed by atoms with Gasteiger partial charge in [0.2, 0.25) is 5.91 Å². The molecule has 0 aromatic heterocycles. The van der Waals surface area contributed by atoms with Crippen LogP contribution in [0.15, 0.2) is 30.3 Å². The molecule has 3 N–H and O–H groups in total. The first-order chi connectivity index (χ1) is 10.5. The standard InChI is InChI=1S/C17H24N2O3/c1-12(2)15(10-11-20)19-16(21)9-6-13-4-7-14(8-5-13)17(22)18-3/h4-9,12,15,20H,10-11H2,1-3H3,(H,18,22)(H,19,21)/b9-6+. The van der Waals surface area contributed by atoms with E-state index in [1.165, 1.54) is 6.08 Å². The van der Waals surface area contributed by atoms with Gasteiger partial charge >= 0.3 is 0 Å². The van der Waals surface area contributed by atoms with E-state index < -0.39 is 0 Å². The van der Waals surface area contributed by atoms with Crippen LogP contribution in [0.2, 0.25) is 0 Å². The molecule has 0 saturated heterocycles. The Hall–Kier alpha value is -2.14. The molecule has 1 atom stereocenters. The second kappa shape index (κ2) is 9.00. The van der Waals surface area contributed by atoms with Gasteiger partial charge in [-0.2, -0.15) is 0 Å². The van der Waals surface area contributed by atoms with Crippen molar-refractivity contribution in [2.75, 3.05) is 13.7 Å². The number of amides is 2. The summed E-state index contributed by atoms with van der Waals surface area (Å²) in [6.45, 7) is 4.05. The zero-order chi connectivity index (χ0) is 16.5. The van der Waals surface area contributed by atoms with Crippen LogP contribution in [0.5, 0.6) is 0 Å². The van der Waals surface area contributed by atoms with Crippen LogP contribution in [0, 0.1) is 5.92 Å². The van der Waals surface area contributed by atoms with Crippen LogP contribution in [0.25, 0.3) is 6.08 Å². The van der Waals surface area contributed by atoms with Gasteiger partial charge in [-0.05, 0) is 36.1 Å². The van der Waals surface area contributed by atoms with E-state index in [0.717, 1.165) is 5.56 Å². The molecule has 1 unspecified atom stereocenters. The van der Waals surface area contributed by atoms with E-state index in [2.05, 4.69) is 10.6 Å². The minimum Gasteiger partial charge on any atom is -0.396 e. The number of benzene rings is 1. The van der Waals surface area contributed by atoms with E-state index in [-0.39, 0.29) is 30.4 Å². The Balaban J connectivity index is 2.63. The minimum absolute atomic E-state index is 0.0437. The Morgan fingerprint density at radius 3 is 2.36 bits per heavy atom. The molecule has 2 amide bonds. The Kier molecular flexibility index (Phi) is 7.32. The predicted molar refractivity (Wildman–Crippen MR) is 87.3 cm³/mol. The lowest BCUT2D eigenvalue weighted by atomic mass is 10.0. The third kappa shape index (κ3) is 5.69. The van der Waals surface area contributed by atoms with Crippen molar-refractivity contribution in [3.63, 3.8) is 0 Å². The first-order valence-electron chi connectivity index (χ1n) is 7.39. The highest BCUT2D eigenvalue weighted by Gasteiger charge is 2.13. The highest BCUT2D eigenvalue weighted by molar-refractivity contribution is 5.94. The monoisotopic (exact) mass is 304 g/mol. The lowest BCUT2D eigenvalue weighted by Gasteiger charge is -2.20. The number of carbonyl (C=O) groups excluding carboxylic acids is 2. The van der Waals surface area contributed by atoms with E-state index in [1.54, 1.807) is 37.4 Å². The minimum atomic E-state index is -0.192. The van der Waals surface area contributed by atoms with E-state index in [1.807, 2.05) is 13.8 Å². The Morgan fingerprint density at radius 2 is 1.86 bits per heavy atom. The molecule has 5 heteroatoms. The van der Waals surface area contributed by atoms with Crippen LogP contribution in [-0.4, -0.2) is 36.6 Å². The van der Waals surface area contributed by atoms with Gasteiger partial charge < -0.3 is 15.7 Å². The van der Waals surface area contributed by atoms with Gasteiger partial charge in [0, 0.05) is 31.3 Å². The van der Waals surface area contributed by atoms with Gasteiger partial charge in [0.25, 0.3) is 5.91 Å². The third-order valence-electron chi connectivity index (χ3n) is 3.40. The fourth-order valence-corrected chi connectivity index (χ4v) is 2.00. The van der Waals surface area contributed by atoms with Gasteiger partial charge in [0.15, 0.2) is 0 Å².